The molecule has 2 aromatic rings. The predicted molar refractivity (Wildman–Crippen MR) is 88.7 cm³/mol. The summed E-state index contributed by atoms with van der Waals surface area (Å²) in [6.45, 7) is -0.342. The van der Waals surface area contributed by atoms with Crippen LogP contribution >= 0.6 is 0 Å². The number of ether oxygens (including phenoxy) is 1. The van der Waals surface area contributed by atoms with E-state index in [1.54, 1.807) is 6.07 Å². The first kappa shape index (κ1) is 17.3. The number of anilines is 1. The number of nitrogens with one attached hydrogen (secondary N) is 1. The number of alkyl halides is 3. The average Bonchev–Trinajstić information content (AvgIpc) is 2.59. The Morgan fingerprint density at radius 2 is 1.76 bits per heavy atom. The van der Waals surface area contributed by atoms with Gasteiger partial charge in [0.25, 0.3) is 5.91 Å². The molecule has 0 fully saturated rings. The summed E-state index contributed by atoms with van der Waals surface area (Å²) < 4.78 is 44.2. The highest BCUT2D eigenvalue weighted by Crippen LogP contribution is 2.34. The minimum atomic E-state index is -4.52. The number of benzene rings is 2. The normalized spacial score (nSPS) is 13.9. The fraction of sp³-hybridized carbons (Fsp3) is 0.316. The Morgan fingerprint density at radius 1 is 1.04 bits per heavy atom. The summed E-state index contributed by atoms with van der Waals surface area (Å²) in [4.78, 5) is 12.0. The Kier molecular flexibility index (Phi) is 4.97. The molecule has 0 aliphatic heterocycles. The maximum Gasteiger partial charge on any atom is 0.418 e. The van der Waals surface area contributed by atoms with Gasteiger partial charge in [-0.25, -0.2) is 0 Å². The molecule has 0 spiro atoms. The lowest BCUT2D eigenvalue weighted by atomic mass is 9.92. The molecule has 0 unspecified atom stereocenters. The zero-order valence-corrected chi connectivity index (χ0v) is 13.5. The van der Waals surface area contributed by atoms with Crippen molar-refractivity contribution in [2.75, 3.05) is 11.9 Å². The van der Waals surface area contributed by atoms with Crippen LogP contribution in [0.15, 0.2) is 42.5 Å². The molecule has 0 heterocycles. The third-order valence-electron chi connectivity index (χ3n) is 4.20. The number of carbonyl (C=O) groups excluding carboxylic acids is 1. The Hall–Kier alpha value is -2.50. The molecule has 0 saturated carbocycles. The molecule has 0 aromatic heterocycles. The van der Waals surface area contributed by atoms with Crippen LogP contribution in [0.1, 0.15) is 29.5 Å². The molecular weight excluding hydrogens is 331 g/mol. The molecule has 3 rings (SSSR count). The molecule has 25 heavy (non-hydrogen) atoms. The summed E-state index contributed by atoms with van der Waals surface area (Å²) >= 11 is 0. The van der Waals surface area contributed by atoms with E-state index in [2.05, 4.69) is 5.32 Å². The lowest BCUT2D eigenvalue weighted by molar-refractivity contribution is -0.137. The Bertz CT molecular complexity index is 772. The number of aryl methyl sites for hydroxylation is 2. The van der Waals surface area contributed by atoms with E-state index in [1.165, 1.54) is 35.7 Å². The zero-order chi connectivity index (χ0) is 17.9. The first-order valence-corrected chi connectivity index (χ1v) is 8.14. The summed E-state index contributed by atoms with van der Waals surface area (Å²) in [5.41, 5.74) is 1.36. The number of rotatable bonds is 4. The Balaban J connectivity index is 1.62. The van der Waals surface area contributed by atoms with Crippen molar-refractivity contribution in [1.82, 2.24) is 0 Å². The van der Waals surface area contributed by atoms with Crippen molar-refractivity contribution in [1.29, 1.82) is 0 Å². The second-order valence-corrected chi connectivity index (χ2v) is 6.02. The highest BCUT2D eigenvalue weighted by molar-refractivity contribution is 5.92. The molecule has 0 bridgehead atoms. The maximum atomic E-state index is 12.9. The second kappa shape index (κ2) is 7.17. The van der Waals surface area contributed by atoms with Gasteiger partial charge < -0.3 is 10.1 Å². The number of hydrogen-bond acceptors (Lipinski definition) is 2. The Labute approximate surface area is 143 Å². The van der Waals surface area contributed by atoms with Crippen molar-refractivity contribution < 1.29 is 22.7 Å². The summed E-state index contributed by atoms with van der Waals surface area (Å²) in [7, 11) is 0. The third kappa shape index (κ3) is 4.32. The molecule has 3 nitrogen and oxygen atoms in total. The first-order chi connectivity index (χ1) is 11.9. The van der Waals surface area contributed by atoms with Gasteiger partial charge in [0.05, 0.1) is 11.3 Å². The van der Waals surface area contributed by atoms with Crippen LogP contribution in [0.3, 0.4) is 0 Å². The molecule has 1 aliphatic carbocycles. The van der Waals surface area contributed by atoms with Gasteiger partial charge in [0.15, 0.2) is 6.61 Å². The van der Waals surface area contributed by atoms with Gasteiger partial charge in [0.1, 0.15) is 5.75 Å². The van der Waals surface area contributed by atoms with Crippen LogP contribution in [-0.4, -0.2) is 12.5 Å². The molecular formula is C19H18F3NO2. The molecule has 1 N–H and O–H groups in total. The third-order valence-corrected chi connectivity index (χ3v) is 4.20. The summed E-state index contributed by atoms with van der Waals surface area (Å²) in [6, 6.07) is 10.6. The summed E-state index contributed by atoms with van der Waals surface area (Å²) in [6.07, 6.45) is -0.190. The van der Waals surface area contributed by atoms with E-state index in [-0.39, 0.29) is 12.3 Å². The standard InChI is InChI=1S/C19H18F3NO2/c20-19(21,22)16-7-3-4-8-17(16)23-18(24)12-25-15-10-9-13-5-1-2-6-14(13)11-15/h3-4,7-11H,1-2,5-6,12H2,(H,23,24). The van der Waals surface area contributed by atoms with Crippen molar-refractivity contribution in [3.63, 3.8) is 0 Å². The highest BCUT2D eigenvalue weighted by atomic mass is 19.4. The van der Waals surface area contributed by atoms with Gasteiger partial charge in [-0.05, 0) is 61.1 Å². The van der Waals surface area contributed by atoms with Crippen LogP contribution in [-0.2, 0) is 23.8 Å². The highest BCUT2D eigenvalue weighted by Gasteiger charge is 2.33. The van der Waals surface area contributed by atoms with Crippen molar-refractivity contribution in [3.8, 4) is 5.75 Å². The van der Waals surface area contributed by atoms with E-state index in [0.29, 0.717) is 5.75 Å². The summed E-state index contributed by atoms with van der Waals surface area (Å²) in [5.74, 6) is -0.0747. The van der Waals surface area contributed by atoms with Crippen molar-refractivity contribution in [2.24, 2.45) is 0 Å². The van der Waals surface area contributed by atoms with Crippen LogP contribution in [0.5, 0.6) is 5.75 Å². The minimum Gasteiger partial charge on any atom is -0.484 e. The molecule has 1 amide bonds. The van der Waals surface area contributed by atoms with Crippen LogP contribution in [0.2, 0.25) is 0 Å². The number of halogens is 3. The van der Waals surface area contributed by atoms with Crippen LogP contribution in [0.4, 0.5) is 18.9 Å². The lowest BCUT2D eigenvalue weighted by Gasteiger charge is -2.17. The van der Waals surface area contributed by atoms with Crippen LogP contribution in [0, 0.1) is 0 Å². The first-order valence-electron chi connectivity index (χ1n) is 8.14. The van der Waals surface area contributed by atoms with Gasteiger partial charge in [-0.15, -0.1) is 0 Å². The number of hydrogen-bond donors (Lipinski definition) is 1. The van der Waals surface area contributed by atoms with Gasteiger partial charge >= 0.3 is 6.18 Å². The Morgan fingerprint density at radius 3 is 2.52 bits per heavy atom. The monoisotopic (exact) mass is 349 g/mol. The maximum absolute atomic E-state index is 12.9. The SMILES string of the molecule is O=C(COc1ccc2c(c1)CCCC2)Nc1ccccc1C(F)(F)F. The number of para-hydroxylation sites is 1. The minimum absolute atomic E-state index is 0.269. The van der Waals surface area contributed by atoms with E-state index in [4.69, 9.17) is 4.74 Å². The van der Waals surface area contributed by atoms with Gasteiger partial charge in [0, 0.05) is 0 Å². The predicted octanol–water partition coefficient (Wildman–Crippen LogP) is 4.60. The van der Waals surface area contributed by atoms with E-state index in [9.17, 15) is 18.0 Å². The molecule has 1 aliphatic rings. The fourth-order valence-corrected chi connectivity index (χ4v) is 2.97. The largest absolute Gasteiger partial charge is 0.484 e. The average molecular weight is 349 g/mol. The van der Waals surface area contributed by atoms with Gasteiger partial charge in [-0.2, -0.15) is 13.2 Å². The van der Waals surface area contributed by atoms with Crippen LogP contribution < -0.4 is 10.1 Å². The van der Waals surface area contributed by atoms with Crippen molar-refractivity contribution in [2.45, 2.75) is 31.9 Å². The van der Waals surface area contributed by atoms with Crippen LogP contribution in [0.25, 0.3) is 0 Å². The molecule has 6 heteroatoms. The van der Waals surface area contributed by atoms with Gasteiger partial charge in [-0.3, -0.25) is 4.79 Å². The number of amides is 1. The van der Waals surface area contributed by atoms with Gasteiger partial charge in [0.2, 0.25) is 0 Å². The molecule has 2 aromatic carbocycles. The van der Waals surface area contributed by atoms with E-state index in [0.717, 1.165) is 25.3 Å². The van der Waals surface area contributed by atoms with E-state index in [1.807, 2.05) is 12.1 Å². The lowest BCUT2D eigenvalue weighted by Crippen LogP contribution is -2.22. The quantitative estimate of drug-likeness (QED) is 0.876. The van der Waals surface area contributed by atoms with Crippen molar-refractivity contribution >= 4 is 11.6 Å². The smallest absolute Gasteiger partial charge is 0.418 e. The summed E-state index contributed by atoms with van der Waals surface area (Å²) in [5, 5.41) is 2.27. The molecule has 132 valence electrons. The van der Waals surface area contributed by atoms with Crippen molar-refractivity contribution in [3.05, 3.63) is 59.2 Å². The topological polar surface area (TPSA) is 38.3 Å². The molecule has 0 radical (unpaired) electrons. The second-order valence-electron chi connectivity index (χ2n) is 6.02. The van der Waals surface area contributed by atoms with E-state index < -0.39 is 17.6 Å². The van der Waals surface area contributed by atoms with E-state index >= 15 is 0 Å². The number of carbonyl (C=O) groups is 1. The fourth-order valence-electron chi connectivity index (χ4n) is 2.97. The van der Waals surface area contributed by atoms with Gasteiger partial charge in [-0.1, -0.05) is 18.2 Å². The molecule has 0 saturated heterocycles. The zero-order valence-electron chi connectivity index (χ0n) is 13.5. The molecule has 0 atom stereocenters. The number of fused-ring (bicyclic) bond motifs is 1.